The molecule has 0 aromatic heterocycles. The Hall–Kier alpha value is -0.420. The highest BCUT2D eigenvalue weighted by molar-refractivity contribution is 7.84. The van der Waals surface area contributed by atoms with E-state index in [-0.39, 0.29) is 5.75 Å². The second-order valence-electron chi connectivity index (χ2n) is 1.68. The van der Waals surface area contributed by atoms with E-state index in [0.717, 1.165) is 0 Å². The smallest absolute Gasteiger partial charge is 0.321 e. The van der Waals surface area contributed by atoms with Gasteiger partial charge >= 0.3 is 5.97 Å². The molecule has 0 aromatic carbocycles. The quantitative estimate of drug-likeness (QED) is 0.496. The van der Waals surface area contributed by atoms with Crippen LogP contribution in [-0.2, 0) is 15.6 Å². The van der Waals surface area contributed by atoms with Crippen LogP contribution >= 0.6 is 0 Å². The van der Waals surface area contributed by atoms with Crippen LogP contribution < -0.4 is 5.73 Å². The number of hydrogen-bond donors (Lipinski definition) is 2. The van der Waals surface area contributed by atoms with Gasteiger partial charge < -0.3 is 10.8 Å². The summed E-state index contributed by atoms with van der Waals surface area (Å²) in [5.41, 5.74) is 5.02. The zero-order valence-corrected chi connectivity index (χ0v) is 5.85. The summed E-state index contributed by atoms with van der Waals surface area (Å²) in [6.07, 6.45) is 1.42. The molecule has 9 heavy (non-hydrogen) atoms. The molecule has 0 radical (unpaired) electrons. The molecule has 0 heterocycles. The van der Waals surface area contributed by atoms with Crippen LogP contribution in [0.1, 0.15) is 0 Å². The Bertz CT molecular complexity index is 136. The van der Waals surface area contributed by atoms with E-state index >= 15 is 0 Å². The standard InChI is InChI=1S/C4H9NO3S/c1-9(8)2-3(5)4(6)7/h3H,2,5H2,1H3,(H,6,7)/t3-,9?/m0/s1/i1+1. The van der Waals surface area contributed by atoms with E-state index in [9.17, 15) is 9.00 Å². The molecule has 0 fully saturated rings. The predicted molar refractivity (Wildman–Crippen MR) is 34.5 cm³/mol. The SMILES string of the molecule is [13CH3]S(=O)C[C@H](N)C(=O)O. The Balaban J connectivity index is 3.63. The normalized spacial score (nSPS) is 16.7. The minimum absolute atomic E-state index is 0.0231. The molecule has 3 N–H and O–H groups in total. The average molecular weight is 152 g/mol. The Labute approximate surface area is 55.5 Å². The van der Waals surface area contributed by atoms with E-state index in [1.165, 1.54) is 6.26 Å². The van der Waals surface area contributed by atoms with Crippen LogP contribution in [0.2, 0.25) is 0 Å². The van der Waals surface area contributed by atoms with E-state index in [2.05, 4.69) is 0 Å². The summed E-state index contributed by atoms with van der Waals surface area (Å²) in [4.78, 5) is 9.98. The van der Waals surface area contributed by atoms with Crippen molar-refractivity contribution in [3.05, 3.63) is 0 Å². The van der Waals surface area contributed by atoms with Crippen molar-refractivity contribution in [1.82, 2.24) is 0 Å². The van der Waals surface area contributed by atoms with Gasteiger partial charge in [0, 0.05) is 22.8 Å². The van der Waals surface area contributed by atoms with Crippen LogP contribution in [0.3, 0.4) is 0 Å². The van der Waals surface area contributed by atoms with Crippen LogP contribution in [0.4, 0.5) is 0 Å². The summed E-state index contributed by atoms with van der Waals surface area (Å²) >= 11 is 0. The lowest BCUT2D eigenvalue weighted by Crippen LogP contribution is -2.35. The molecule has 5 heteroatoms. The van der Waals surface area contributed by atoms with Gasteiger partial charge in [-0.2, -0.15) is 0 Å². The van der Waals surface area contributed by atoms with Gasteiger partial charge in [0.15, 0.2) is 0 Å². The first-order valence-electron chi connectivity index (χ1n) is 2.32. The Kier molecular flexibility index (Phi) is 3.41. The maximum Gasteiger partial charge on any atom is 0.321 e. The molecule has 0 bridgehead atoms. The van der Waals surface area contributed by atoms with Gasteiger partial charge in [-0.05, 0) is 0 Å². The molecule has 0 aromatic rings. The predicted octanol–water partition coefficient (Wildman–Crippen LogP) is -1.22. The second kappa shape index (κ2) is 3.58. The van der Waals surface area contributed by atoms with E-state index in [1.54, 1.807) is 0 Å². The Morgan fingerprint density at radius 3 is 2.44 bits per heavy atom. The van der Waals surface area contributed by atoms with E-state index in [0.29, 0.717) is 0 Å². The van der Waals surface area contributed by atoms with Crippen molar-refractivity contribution in [3.8, 4) is 0 Å². The van der Waals surface area contributed by atoms with E-state index in [1.807, 2.05) is 0 Å². The van der Waals surface area contributed by atoms with Crippen LogP contribution in [0.15, 0.2) is 0 Å². The molecule has 0 amide bonds. The third kappa shape index (κ3) is 4.11. The number of rotatable bonds is 3. The number of carboxylic acids is 1. The molecular weight excluding hydrogens is 143 g/mol. The van der Waals surface area contributed by atoms with Gasteiger partial charge in [-0.25, -0.2) is 0 Å². The molecule has 4 nitrogen and oxygen atoms in total. The Morgan fingerprint density at radius 1 is 1.89 bits per heavy atom. The summed E-state index contributed by atoms with van der Waals surface area (Å²) in [6.45, 7) is 0. The lowest BCUT2D eigenvalue weighted by Gasteiger charge is -2.00. The summed E-state index contributed by atoms with van der Waals surface area (Å²) in [6, 6.07) is -0.990. The Morgan fingerprint density at radius 2 is 2.33 bits per heavy atom. The monoisotopic (exact) mass is 152 g/mol. The van der Waals surface area contributed by atoms with Gasteiger partial charge in [-0.3, -0.25) is 9.00 Å². The minimum atomic E-state index is -1.12. The highest BCUT2D eigenvalue weighted by atomic mass is 32.2. The van der Waals surface area contributed by atoms with Crippen molar-refractivity contribution in [3.63, 3.8) is 0 Å². The fourth-order valence-electron chi connectivity index (χ4n) is 0.324. The number of hydrogen-bond acceptors (Lipinski definition) is 3. The first kappa shape index (κ1) is 8.58. The molecular formula is C4H9NO3S. The van der Waals surface area contributed by atoms with Crippen molar-refractivity contribution in [2.75, 3.05) is 12.0 Å². The molecule has 2 atom stereocenters. The topological polar surface area (TPSA) is 80.4 Å². The summed E-state index contributed by atoms with van der Waals surface area (Å²) < 4.78 is 10.3. The molecule has 0 spiro atoms. The van der Waals surface area contributed by atoms with Crippen molar-refractivity contribution in [2.45, 2.75) is 6.04 Å². The van der Waals surface area contributed by atoms with Gasteiger partial charge in [0.05, 0.1) is 0 Å². The highest BCUT2D eigenvalue weighted by Crippen LogP contribution is 1.81. The lowest BCUT2D eigenvalue weighted by molar-refractivity contribution is -0.137. The zero-order valence-electron chi connectivity index (χ0n) is 5.03. The largest absolute Gasteiger partial charge is 0.480 e. The third-order valence-corrected chi connectivity index (χ3v) is 1.56. The first-order chi connectivity index (χ1) is 4.04. The average Bonchev–Trinajstić information content (AvgIpc) is 1.63. The summed E-state index contributed by atoms with van der Waals surface area (Å²) in [7, 11) is -1.12. The van der Waals surface area contributed by atoms with Crippen LogP contribution in [0.25, 0.3) is 0 Å². The van der Waals surface area contributed by atoms with Gasteiger partial charge in [0.2, 0.25) is 0 Å². The fourth-order valence-corrected chi connectivity index (χ4v) is 0.972. The molecule has 0 rings (SSSR count). The van der Waals surface area contributed by atoms with Crippen molar-refractivity contribution in [2.24, 2.45) is 5.73 Å². The molecule has 1 unspecified atom stereocenters. The fraction of sp³-hybridized carbons (Fsp3) is 0.750. The summed E-state index contributed by atoms with van der Waals surface area (Å²) in [5.74, 6) is -1.08. The molecule has 0 aliphatic rings. The molecule has 0 aliphatic carbocycles. The molecule has 0 saturated heterocycles. The maximum atomic E-state index is 10.3. The third-order valence-electron chi connectivity index (χ3n) is 0.731. The van der Waals surface area contributed by atoms with Gasteiger partial charge in [0.1, 0.15) is 6.04 Å². The molecule has 0 saturated carbocycles. The van der Waals surface area contributed by atoms with Crippen molar-refractivity contribution >= 4 is 16.8 Å². The number of carbonyl (C=O) groups is 1. The van der Waals surface area contributed by atoms with E-state index in [4.69, 9.17) is 10.8 Å². The number of carboxylic acid groups (broad SMARTS) is 1. The van der Waals surface area contributed by atoms with Crippen LogP contribution in [0.5, 0.6) is 0 Å². The van der Waals surface area contributed by atoms with Gasteiger partial charge in [0.25, 0.3) is 0 Å². The summed E-state index contributed by atoms with van der Waals surface area (Å²) in [5, 5.41) is 8.17. The van der Waals surface area contributed by atoms with Crippen LogP contribution in [-0.4, -0.2) is 33.3 Å². The zero-order chi connectivity index (χ0) is 7.44. The van der Waals surface area contributed by atoms with Crippen molar-refractivity contribution in [1.29, 1.82) is 0 Å². The molecule has 0 aliphatic heterocycles. The number of aliphatic carboxylic acids is 1. The van der Waals surface area contributed by atoms with Crippen molar-refractivity contribution < 1.29 is 14.1 Å². The first-order valence-corrected chi connectivity index (χ1v) is 4.05. The molecule has 54 valence electrons. The van der Waals surface area contributed by atoms with Crippen LogP contribution in [0, 0.1) is 0 Å². The number of nitrogens with two attached hydrogens (primary N) is 1. The van der Waals surface area contributed by atoms with Gasteiger partial charge in [-0.1, -0.05) is 0 Å². The minimum Gasteiger partial charge on any atom is -0.480 e. The lowest BCUT2D eigenvalue weighted by atomic mass is 10.4. The van der Waals surface area contributed by atoms with E-state index < -0.39 is 22.8 Å². The second-order valence-corrected chi connectivity index (χ2v) is 3.16. The highest BCUT2D eigenvalue weighted by Gasteiger charge is 2.11. The van der Waals surface area contributed by atoms with Gasteiger partial charge in [-0.15, -0.1) is 0 Å². The maximum absolute atomic E-state index is 10.3.